The van der Waals surface area contributed by atoms with E-state index < -0.39 is 5.82 Å². The van der Waals surface area contributed by atoms with Gasteiger partial charge in [-0.1, -0.05) is 28.9 Å². The molecule has 17 heavy (non-hydrogen) atoms. The zero-order valence-corrected chi connectivity index (χ0v) is 10.1. The van der Waals surface area contributed by atoms with Gasteiger partial charge >= 0.3 is 0 Å². The minimum absolute atomic E-state index is 0.161. The molecule has 90 valence electrons. The standard InChI is InChI=1S/C12H12ClFN2O/c1-8-5-10(17-16-8)7-15-6-9-3-2-4-11(14)12(9)13/h2-5,15H,6-7H2,1H3. The van der Waals surface area contributed by atoms with Crippen LogP contribution in [-0.4, -0.2) is 5.16 Å². The zero-order chi connectivity index (χ0) is 12.3. The van der Waals surface area contributed by atoms with Crippen molar-refractivity contribution < 1.29 is 8.91 Å². The fourth-order valence-electron chi connectivity index (χ4n) is 1.50. The first kappa shape index (κ1) is 12.1. The summed E-state index contributed by atoms with van der Waals surface area (Å²) in [6, 6.07) is 6.60. The molecule has 0 radical (unpaired) electrons. The molecule has 1 N–H and O–H groups in total. The normalized spacial score (nSPS) is 10.8. The van der Waals surface area contributed by atoms with E-state index in [1.165, 1.54) is 6.07 Å². The lowest BCUT2D eigenvalue weighted by Crippen LogP contribution is -2.12. The van der Waals surface area contributed by atoms with Crippen molar-refractivity contribution in [1.29, 1.82) is 0 Å². The molecule has 1 aromatic heterocycles. The largest absolute Gasteiger partial charge is 0.360 e. The molecule has 1 aromatic carbocycles. The molecule has 0 aliphatic rings. The molecule has 0 aliphatic heterocycles. The van der Waals surface area contributed by atoms with Crippen LogP contribution in [-0.2, 0) is 13.1 Å². The Labute approximate surface area is 104 Å². The first-order valence-electron chi connectivity index (χ1n) is 5.22. The number of nitrogens with one attached hydrogen (secondary N) is 1. The third-order valence-electron chi connectivity index (χ3n) is 2.32. The number of benzene rings is 1. The topological polar surface area (TPSA) is 38.1 Å². The van der Waals surface area contributed by atoms with E-state index in [2.05, 4.69) is 10.5 Å². The van der Waals surface area contributed by atoms with Crippen molar-refractivity contribution >= 4 is 11.6 Å². The maximum atomic E-state index is 13.1. The van der Waals surface area contributed by atoms with Gasteiger partial charge in [0, 0.05) is 12.6 Å². The first-order valence-corrected chi connectivity index (χ1v) is 5.60. The van der Waals surface area contributed by atoms with E-state index in [4.69, 9.17) is 16.1 Å². The maximum Gasteiger partial charge on any atom is 0.150 e. The molecule has 0 spiro atoms. The Morgan fingerprint density at radius 1 is 1.41 bits per heavy atom. The summed E-state index contributed by atoms with van der Waals surface area (Å²) in [5.74, 6) is 0.344. The monoisotopic (exact) mass is 254 g/mol. The van der Waals surface area contributed by atoms with E-state index in [-0.39, 0.29) is 5.02 Å². The molecule has 2 aromatic rings. The van der Waals surface area contributed by atoms with Gasteiger partial charge in [-0.05, 0) is 18.6 Å². The highest BCUT2D eigenvalue weighted by atomic mass is 35.5. The molecule has 5 heteroatoms. The van der Waals surface area contributed by atoms with Crippen molar-refractivity contribution in [3.8, 4) is 0 Å². The summed E-state index contributed by atoms with van der Waals surface area (Å²) in [5, 5.41) is 7.05. The van der Waals surface area contributed by atoms with E-state index in [0.29, 0.717) is 13.1 Å². The van der Waals surface area contributed by atoms with Crippen molar-refractivity contribution in [3.05, 3.63) is 52.1 Å². The summed E-state index contributed by atoms with van der Waals surface area (Å²) in [5.41, 5.74) is 1.56. The van der Waals surface area contributed by atoms with E-state index in [0.717, 1.165) is 17.0 Å². The lowest BCUT2D eigenvalue weighted by atomic mass is 10.2. The highest BCUT2D eigenvalue weighted by Gasteiger charge is 2.05. The molecule has 0 fully saturated rings. The van der Waals surface area contributed by atoms with Crippen LogP contribution in [0.4, 0.5) is 4.39 Å². The van der Waals surface area contributed by atoms with Crippen LogP contribution < -0.4 is 5.32 Å². The average molecular weight is 255 g/mol. The van der Waals surface area contributed by atoms with Crippen molar-refractivity contribution in [3.63, 3.8) is 0 Å². The van der Waals surface area contributed by atoms with E-state index >= 15 is 0 Å². The highest BCUT2D eigenvalue weighted by molar-refractivity contribution is 6.31. The number of halogens is 2. The van der Waals surface area contributed by atoms with Gasteiger partial charge < -0.3 is 9.84 Å². The van der Waals surface area contributed by atoms with Gasteiger partial charge in [0.05, 0.1) is 17.3 Å². The molecule has 3 nitrogen and oxygen atoms in total. The van der Waals surface area contributed by atoms with Crippen LogP contribution >= 0.6 is 11.6 Å². The van der Waals surface area contributed by atoms with Gasteiger partial charge in [0.2, 0.25) is 0 Å². The van der Waals surface area contributed by atoms with Crippen LogP contribution in [0, 0.1) is 12.7 Å². The van der Waals surface area contributed by atoms with Crippen molar-refractivity contribution in [2.75, 3.05) is 0 Å². The summed E-state index contributed by atoms with van der Waals surface area (Å²) in [6.07, 6.45) is 0. The Bertz CT molecular complexity index is 513. The fraction of sp³-hybridized carbons (Fsp3) is 0.250. The molecule has 0 atom stereocenters. The number of aryl methyl sites for hydroxylation is 1. The number of rotatable bonds is 4. The minimum atomic E-state index is -0.401. The molecule has 0 saturated heterocycles. The Morgan fingerprint density at radius 3 is 2.94 bits per heavy atom. The smallest absolute Gasteiger partial charge is 0.150 e. The zero-order valence-electron chi connectivity index (χ0n) is 9.34. The molecule has 0 saturated carbocycles. The average Bonchev–Trinajstić information content (AvgIpc) is 2.70. The maximum absolute atomic E-state index is 13.1. The van der Waals surface area contributed by atoms with E-state index in [1.807, 2.05) is 13.0 Å². The van der Waals surface area contributed by atoms with Gasteiger partial charge in [0.15, 0.2) is 5.76 Å². The lowest BCUT2D eigenvalue weighted by molar-refractivity contribution is 0.369. The van der Waals surface area contributed by atoms with E-state index in [1.54, 1.807) is 12.1 Å². The third-order valence-corrected chi connectivity index (χ3v) is 2.75. The van der Waals surface area contributed by atoms with Crippen LogP contribution in [0.3, 0.4) is 0 Å². The van der Waals surface area contributed by atoms with Gasteiger partial charge in [-0.15, -0.1) is 0 Å². The molecule has 0 bridgehead atoms. The van der Waals surface area contributed by atoms with Gasteiger partial charge in [-0.2, -0.15) is 0 Å². The summed E-state index contributed by atoms with van der Waals surface area (Å²) >= 11 is 5.83. The van der Waals surface area contributed by atoms with Crippen LogP contribution in [0.15, 0.2) is 28.8 Å². The van der Waals surface area contributed by atoms with Crippen LogP contribution in [0.2, 0.25) is 5.02 Å². The Morgan fingerprint density at radius 2 is 2.24 bits per heavy atom. The Kier molecular flexibility index (Phi) is 3.76. The first-order chi connectivity index (χ1) is 8.16. The van der Waals surface area contributed by atoms with Crippen LogP contribution in [0.5, 0.6) is 0 Å². The molecular formula is C12H12ClFN2O. The Balaban J connectivity index is 1.92. The minimum Gasteiger partial charge on any atom is -0.360 e. The third kappa shape index (κ3) is 3.05. The number of hydrogen-bond acceptors (Lipinski definition) is 3. The van der Waals surface area contributed by atoms with Crippen LogP contribution in [0.1, 0.15) is 17.0 Å². The highest BCUT2D eigenvalue weighted by Crippen LogP contribution is 2.19. The van der Waals surface area contributed by atoms with Crippen molar-refractivity contribution in [2.45, 2.75) is 20.0 Å². The van der Waals surface area contributed by atoms with Gasteiger partial charge in [-0.25, -0.2) is 4.39 Å². The second-order valence-corrected chi connectivity index (χ2v) is 4.13. The number of nitrogens with zero attached hydrogens (tertiary/aromatic N) is 1. The van der Waals surface area contributed by atoms with Crippen molar-refractivity contribution in [2.24, 2.45) is 0 Å². The summed E-state index contributed by atoms with van der Waals surface area (Å²) < 4.78 is 18.2. The number of hydrogen-bond donors (Lipinski definition) is 1. The molecular weight excluding hydrogens is 243 g/mol. The molecule has 1 heterocycles. The number of aromatic nitrogens is 1. The quantitative estimate of drug-likeness (QED) is 0.911. The van der Waals surface area contributed by atoms with Gasteiger partial charge in [-0.3, -0.25) is 0 Å². The Hall–Kier alpha value is -1.39. The molecule has 2 rings (SSSR count). The van der Waals surface area contributed by atoms with E-state index in [9.17, 15) is 4.39 Å². The van der Waals surface area contributed by atoms with Crippen molar-refractivity contribution in [1.82, 2.24) is 10.5 Å². The lowest BCUT2D eigenvalue weighted by Gasteiger charge is -2.05. The second-order valence-electron chi connectivity index (χ2n) is 3.75. The van der Waals surface area contributed by atoms with Gasteiger partial charge in [0.25, 0.3) is 0 Å². The fourth-order valence-corrected chi connectivity index (χ4v) is 1.70. The molecule has 0 aliphatic carbocycles. The second kappa shape index (κ2) is 5.29. The van der Waals surface area contributed by atoms with Crippen LogP contribution in [0.25, 0.3) is 0 Å². The summed E-state index contributed by atoms with van der Waals surface area (Å²) in [7, 11) is 0. The summed E-state index contributed by atoms with van der Waals surface area (Å²) in [4.78, 5) is 0. The van der Waals surface area contributed by atoms with Gasteiger partial charge in [0.1, 0.15) is 5.82 Å². The predicted octanol–water partition coefficient (Wildman–Crippen LogP) is 3.07. The summed E-state index contributed by atoms with van der Waals surface area (Å²) in [6.45, 7) is 2.88. The molecule has 0 unspecified atom stereocenters. The predicted molar refractivity (Wildman–Crippen MR) is 63.2 cm³/mol. The molecule has 0 amide bonds. The SMILES string of the molecule is Cc1cc(CNCc2cccc(F)c2Cl)on1.